The summed E-state index contributed by atoms with van der Waals surface area (Å²) in [6.45, 7) is 0. The second-order valence-corrected chi connectivity index (χ2v) is 5.66. The highest BCUT2D eigenvalue weighted by molar-refractivity contribution is 7.89. The SMILES string of the molecule is [NH]C(=O)c1cccc(S(=O)(=O)O)c1S(=O)(=O)O. The Morgan fingerprint density at radius 1 is 1.06 bits per heavy atom. The third-order valence-corrected chi connectivity index (χ3v) is 3.74. The average Bonchev–Trinajstić information content (AvgIpc) is 2.13. The molecule has 0 aliphatic carbocycles. The predicted molar refractivity (Wildman–Crippen MR) is 53.5 cm³/mol. The molecule has 1 rings (SSSR count). The van der Waals surface area contributed by atoms with Gasteiger partial charge in [0.05, 0.1) is 5.56 Å². The van der Waals surface area contributed by atoms with Gasteiger partial charge in [-0.05, 0) is 12.1 Å². The van der Waals surface area contributed by atoms with Crippen LogP contribution in [0.4, 0.5) is 0 Å². The summed E-state index contributed by atoms with van der Waals surface area (Å²) >= 11 is 0. The predicted octanol–water partition coefficient (Wildman–Crippen LogP) is -0.397. The van der Waals surface area contributed by atoms with Gasteiger partial charge < -0.3 is 0 Å². The van der Waals surface area contributed by atoms with Crippen LogP contribution in [0, 0.1) is 0 Å². The summed E-state index contributed by atoms with van der Waals surface area (Å²) in [7, 11) is -10.0. The molecule has 1 radical (unpaired) electrons. The topological polar surface area (TPSA) is 150 Å². The van der Waals surface area contributed by atoms with E-state index < -0.39 is 41.5 Å². The zero-order valence-corrected chi connectivity index (χ0v) is 9.62. The number of carbonyl (C=O) groups excluding carboxylic acids is 1. The van der Waals surface area contributed by atoms with E-state index >= 15 is 0 Å². The van der Waals surface area contributed by atoms with Gasteiger partial charge in [-0.15, -0.1) is 0 Å². The maximum absolute atomic E-state index is 11.0. The third-order valence-electron chi connectivity index (χ3n) is 1.76. The maximum atomic E-state index is 11.0. The molecule has 1 amide bonds. The van der Waals surface area contributed by atoms with Crippen LogP contribution in [-0.2, 0) is 20.2 Å². The normalized spacial score (nSPS) is 12.4. The van der Waals surface area contributed by atoms with Crippen molar-refractivity contribution in [3.8, 4) is 0 Å². The molecule has 17 heavy (non-hydrogen) atoms. The average molecular weight is 280 g/mol. The van der Waals surface area contributed by atoms with Crippen molar-refractivity contribution in [1.82, 2.24) is 5.73 Å². The van der Waals surface area contributed by atoms with Crippen molar-refractivity contribution < 1.29 is 30.7 Å². The van der Waals surface area contributed by atoms with Gasteiger partial charge in [0.2, 0.25) is 0 Å². The molecule has 1 aromatic rings. The zero-order valence-electron chi connectivity index (χ0n) is 7.98. The number of hydrogen-bond acceptors (Lipinski definition) is 5. The Bertz CT molecular complexity index is 674. The summed E-state index contributed by atoms with van der Waals surface area (Å²) in [5.74, 6) is -1.51. The highest BCUT2D eigenvalue weighted by atomic mass is 32.2. The van der Waals surface area contributed by atoms with Gasteiger partial charge in [-0.1, -0.05) is 6.07 Å². The van der Waals surface area contributed by atoms with Crippen LogP contribution in [0.1, 0.15) is 10.4 Å². The van der Waals surface area contributed by atoms with Crippen LogP contribution in [0.5, 0.6) is 0 Å². The lowest BCUT2D eigenvalue weighted by molar-refractivity contribution is 0.0988. The number of rotatable bonds is 3. The molecule has 0 unspecified atom stereocenters. The molecule has 10 heteroatoms. The maximum Gasteiger partial charge on any atom is 0.296 e. The third kappa shape index (κ3) is 2.79. The van der Waals surface area contributed by atoms with Crippen molar-refractivity contribution >= 4 is 26.1 Å². The van der Waals surface area contributed by atoms with Crippen molar-refractivity contribution in [2.24, 2.45) is 0 Å². The van der Waals surface area contributed by atoms with E-state index in [1.54, 1.807) is 0 Å². The van der Waals surface area contributed by atoms with E-state index in [9.17, 15) is 21.6 Å². The van der Waals surface area contributed by atoms with E-state index in [4.69, 9.17) is 14.8 Å². The summed E-state index contributed by atoms with van der Waals surface area (Å²) in [5, 5.41) is 0. The van der Waals surface area contributed by atoms with Crippen molar-refractivity contribution in [3.05, 3.63) is 23.8 Å². The molecule has 0 saturated heterocycles. The molecule has 1 aromatic carbocycles. The highest BCUT2D eigenvalue weighted by Gasteiger charge is 2.29. The van der Waals surface area contributed by atoms with E-state index in [0.717, 1.165) is 12.1 Å². The smallest absolute Gasteiger partial charge is 0.282 e. The van der Waals surface area contributed by atoms with Crippen LogP contribution in [0.2, 0.25) is 0 Å². The fraction of sp³-hybridized carbons (Fsp3) is 0. The number of hydrogen-bond donors (Lipinski definition) is 2. The number of carbonyl (C=O) groups is 1. The lowest BCUT2D eigenvalue weighted by Crippen LogP contribution is -2.14. The Balaban J connectivity index is 3.90. The first-order valence-corrected chi connectivity index (χ1v) is 6.77. The first-order valence-electron chi connectivity index (χ1n) is 3.89. The minimum atomic E-state index is -5.07. The Labute approximate surface area is 96.6 Å². The Morgan fingerprint density at radius 3 is 1.94 bits per heavy atom. The quantitative estimate of drug-likeness (QED) is 0.715. The van der Waals surface area contributed by atoms with Gasteiger partial charge in [0.25, 0.3) is 26.1 Å². The van der Waals surface area contributed by atoms with Gasteiger partial charge in [-0.3, -0.25) is 19.6 Å². The van der Waals surface area contributed by atoms with Crippen molar-refractivity contribution in [2.45, 2.75) is 9.79 Å². The first kappa shape index (κ1) is 13.6. The Hall–Kier alpha value is -1.49. The Morgan fingerprint density at radius 2 is 1.59 bits per heavy atom. The second kappa shape index (κ2) is 4.07. The summed E-state index contributed by atoms with van der Waals surface area (Å²) < 4.78 is 61.3. The molecule has 0 heterocycles. The lowest BCUT2D eigenvalue weighted by atomic mass is 10.2. The standard InChI is InChI=1S/C7H6NO7S2/c8-7(9)4-2-1-3-5(16(10,11)12)6(4)17(13,14)15/h1-3,8H,(H,10,11,12)(H,13,14,15). The van der Waals surface area contributed by atoms with E-state index in [1.165, 1.54) is 0 Å². The number of benzene rings is 1. The molecular weight excluding hydrogens is 274 g/mol. The van der Waals surface area contributed by atoms with Crippen LogP contribution in [0.15, 0.2) is 28.0 Å². The van der Waals surface area contributed by atoms with Gasteiger partial charge >= 0.3 is 0 Å². The molecule has 3 N–H and O–H groups in total. The summed E-state index contributed by atoms with van der Waals surface area (Å²) in [6.07, 6.45) is 0. The molecular formula is C7H6NO7S2. The molecule has 8 nitrogen and oxygen atoms in total. The van der Waals surface area contributed by atoms with Gasteiger partial charge in [-0.2, -0.15) is 16.8 Å². The van der Waals surface area contributed by atoms with Gasteiger partial charge in [0.15, 0.2) is 0 Å². The Kier molecular flexibility index (Phi) is 3.25. The van der Waals surface area contributed by atoms with Crippen LogP contribution >= 0.6 is 0 Å². The monoisotopic (exact) mass is 280 g/mol. The lowest BCUT2D eigenvalue weighted by Gasteiger charge is -2.07. The van der Waals surface area contributed by atoms with E-state index in [1.807, 2.05) is 0 Å². The molecule has 0 saturated carbocycles. The molecule has 0 aliphatic rings. The zero-order chi connectivity index (χ0) is 13.4. The van der Waals surface area contributed by atoms with E-state index in [2.05, 4.69) is 0 Å². The molecule has 0 atom stereocenters. The van der Waals surface area contributed by atoms with Gasteiger partial charge in [-0.25, -0.2) is 0 Å². The number of nitrogens with one attached hydrogen (secondary N) is 1. The summed E-state index contributed by atoms with van der Waals surface area (Å²) in [4.78, 5) is 8.35. The van der Waals surface area contributed by atoms with Gasteiger partial charge in [0.1, 0.15) is 9.79 Å². The minimum Gasteiger partial charge on any atom is -0.282 e. The van der Waals surface area contributed by atoms with Crippen LogP contribution < -0.4 is 5.73 Å². The van der Waals surface area contributed by atoms with Crippen LogP contribution in [0.25, 0.3) is 0 Å². The minimum absolute atomic E-state index is 0.685. The van der Waals surface area contributed by atoms with Crippen molar-refractivity contribution in [2.75, 3.05) is 0 Å². The molecule has 93 valence electrons. The first-order chi connectivity index (χ1) is 7.55. The van der Waals surface area contributed by atoms with Gasteiger partial charge in [0, 0.05) is 0 Å². The largest absolute Gasteiger partial charge is 0.296 e. The summed E-state index contributed by atoms with van der Waals surface area (Å²) in [6, 6.07) is 2.48. The second-order valence-electron chi connectivity index (χ2n) is 2.91. The molecule has 0 aliphatic heterocycles. The molecule has 0 bridgehead atoms. The summed E-state index contributed by atoms with van der Waals surface area (Å²) in [5.41, 5.74) is 5.91. The molecule has 0 spiro atoms. The van der Waals surface area contributed by atoms with Crippen LogP contribution in [-0.4, -0.2) is 31.8 Å². The van der Waals surface area contributed by atoms with Crippen LogP contribution in [0.3, 0.4) is 0 Å². The fourth-order valence-corrected chi connectivity index (χ4v) is 3.15. The van der Waals surface area contributed by atoms with Crippen molar-refractivity contribution in [1.29, 1.82) is 0 Å². The fourth-order valence-electron chi connectivity index (χ4n) is 1.16. The number of amides is 1. The van der Waals surface area contributed by atoms with Crippen molar-refractivity contribution in [3.63, 3.8) is 0 Å². The van der Waals surface area contributed by atoms with E-state index in [-0.39, 0.29) is 0 Å². The highest BCUT2D eigenvalue weighted by Crippen LogP contribution is 2.24. The molecule has 0 fully saturated rings. The molecule has 0 aromatic heterocycles. The van der Waals surface area contributed by atoms with E-state index in [0.29, 0.717) is 6.07 Å².